The second-order valence-corrected chi connectivity index (χ2v) is 8.47. The van der Waals surface area contributed by atoms with Gasteiger partial charge in [-0.1, -0.05) is 64.0 Å². The van der Waals surface area contributed by atoms with Gasteiger partial charge in [-0.2, -0.15) is 0 Å². The molecule has 0 unspecified atom stereocenters. The molecule has 1 aromatic heterocycles. The number of methoxy groups -OCH3 is 1. The van der Waals surface area contributed by atoms with Crippen molar-refractivity contribution in [2.24, 2.45) is 0 Å². The number of hydrogen-bond donors (Lipinski definition) is 2. The molecule has 0 radical (unpaired) electrons. The highest BCUT2D eigenvalue weighted by molar-refractivity contribution is 9.10. The highest BCUT2D eigenvalue weighted by Gasteiger charge is 2.15. The summed E-state index contributed by atoms with van der Waals surface area (Å²) in [5.74, 6) is 1.51. The Morgan fingerprint density at radius 2 is 1.81 bits per heavy atom. The van der Waals surface area contributed by atoms with Crippen molar-refractivity contribution in [3.8, 4) is 11.5 Å². The smallest absolute Gasteiger partial charge is 0.167 e. The summed E-state index contributed by atoms with van der Waals surface area (Å²) < 4.78 is 12.8. The molecule has 3 aromatic carbocycles. The lowest BCUT2D eigenvalue weighted by atomic mass is 10.1. The van der Waals surface area contributed by atoms with Crippen molar-refractivity contribution in [3.05, 3.63) is 93.6 Å². The number of H-pyrrole nitrogens is 1. The fourth-order valence-corrected chi connectivity index (χ4v) is 4.13. The first kappa shape index (κ1) is 21.5. The molecule has 4 aromatic rings. The standard InChI is InChI=1S/C26H27BrN2O2/c1-18-7-9-19(10-8-18)17-31-26-22(23(27)11-12-25(26)30-2)16-28-14-13-20-15-29-24-6-4-3-5-21(20)24/h3-12,15,28-29H,13-14,16-17H2,1-2H3. The number of nitrogens with one attached hydrogen (secondary N) is 2. The Morgan fingerprint density at radius 3 is 2.61 bits per heavy atom. The second-order valence-electron chi connectivity index (χ2n) is 7.62. The molecular formula is C26H27BrN2O2. The summed E-state index contributed by atoms with van der Waals surface area (Å²) in [5.41, 5.74) is 5.93. The van der Waals surface area contributed by atoms with Crippen LogP contribution < -0.4 is 14.8 Å². The average molecular weight is 479 g/mol. The lowest BCUT2D eigenvalue weighted by Crippen LogP contribution is -2.18. The Balaban J connectivity index is 1.43. The molecule has 1 heterocycles. The normalized spacial score (nSPS) is 11.1. The predicted octanol–water partition coefficient (Wildman–Crippen LogP) is 6.16. The van der Waals surface area contributed by atoms with E-state index in [-0.39, 0.29) is 0 Å². The van der Waals surface area contributed by atoms with Crippen LogP contribution >= 0.6 is 15.9 Å². The van der Waals surface area contributed by atoms with Crippen molar-refractivity contribution in [1.82, 2.24) is 10.3 Å². The van der Waals surface area contributed by atoms with Crippen LogP contribution in [0.15, 0.2) is 71.3 Å². The predicted molar refractivity (Wildman–Crippen MR) is 130 cm³/mol. The highest BCUT2D eigenvalue weighted by Crippen LogP contribution is 2.36. The Hall–Kier alpha value is -2.76. The molecule has 0 aliphatic rings. The summed E-state index contributed by atoms with van der Waals surface area (Å²) >= 11 is 3.69. The molecule has 0 spiro atoms. The number of para-hydroxylation sites is 1. The molecule has 0 aliphatic heterocycles. The second kappa shape index (κ2) is 10.0. The monoisotopic (exact) mass is 478 g/mol. The summed E-state index contributed by atoms with van der Waals surface area (Å²) in [6.45, 7) is 4.13. The minimum atomic E-state index is 0.495. The molecule has 0 amide bonds. The van der Waals surface area contributed by atoms with Crippen LogP contribution in [0.5, 0.6) is 11.5 Å². The van der Waals surface area contributed by atoms with Crippen LogP contribution in [0.25, 0.3) is 10.9 Å². The Morgan fingerprint density at radius 1 is 1.00 bits per heavy atom. The maximum Gasteiger partial charge on any atom is 0.167 e. The minimum Gasteiger partial charge on any atom is -0.493 e. The summed E-state index contributed by atoms with van der Waals surface area (Å²) in [7, 11) is 1.68. The van der Waals surface area contributed by atoms with Crippen molar-refractivity contribution < 1.29 is 9.47 Å². The van der Waals surface area contributed by atoms with Crippen molar-refractivity contribution in [2.45, 2.75) is 26.5 Å². The van der Waals surface area contributed by atoms with Crippen LogP contribution in [0, 0.1) is 6.92 Å². The van der Waals surface area contributed by atoms with Gasteiger partial charge in [0.25, 0.3) is 0 Å². The van der Waals surface area contributed by atoms with Gasteiger partial charge in [0.15, 0.2) is 11.5 Å². The number of rotatable bonds is 9. The third-order valence-electron chi connectivity index (χ3n) is 5.44. The van der Waals surface area contributed by atoms with Crippen LogP contribution in [0.4, 0.5) is 0 Å². The fourth-order valence-electron chi connectivity index (χ4n) is 3.68. The molecule has 4 nitrogen and oxygen atoms in total. The van der Waals surface area contributed by atoms with E-state index in [2.05, 4.69) is 87.9 Å². The molecule has 0 saturated heterocycles. The fraction of sp³-hybridized carbons (Fsp3) is 0.231. The maximum atomic E-state index is 6.23. The van der Waals surface area contributed by atoms with Crippen LogP contribution in [-0.2, 0) is 19.6 Å². The lowest BCUT2D eigenvalue weighted by molar-refractivity contribution is 0.280. The number of aromatic amines is 1. The van der Waals surface area contributed by atoms with Gasteiger partial charge in [-0.25, -0.2) is 0 Å². The number of aryl methyl sites for hydroxylation is 1. The SMILES string of the molecule is COc1ccc(Br)c(CNCCc2c[nH]c3ccccc23)c1OCc1ccc(C)cc1. The number of benzene rings is 3. The van der Waals surface area contributed by atoms with Crippen molar-refractivity contribution >= 4 is 26.8 Å². The van der Waals surface area contributed by atoms with Gasteiger partial charge in [-0.15, -0.1) is 0 Å². The first-order valence-electron chi connectivity index (χ1n) is 10.4. The molecule has 2 N–H and O–H groups in total. The van der Waals surface area contributed by atoms with Gasteiger partial charge >= 0.3 is 0 Å². The number of hydrogen-bond acceptors (Lipinski definition) is 3. The third kappa shape index (κ3) is 5.12. The molecule has 160 valence electrons. The van der Waals surface area contributed by atoms with E-state index in [4.69, 9.17) is 9.47 Å². The molecule has 5 heteroatoms. The molecule has 0 atom stereocenters. The van der Waals surface area contributed by atoms with Gasteiger partial charge < -0.3 is 19.8 Å². The first-order chi connectivity index (χ1) is 15.2. The Bertz CT molecular complexity index is 1150. The van der Waals surface area contributed by atoms with Crippen molar-refractivity contribution in [3.63, 3.8) is 0 Å². The summed E-state index contributed by atoms with van der Waals surface area (Å²) in [5, 5.41) is 4.85. The largest absolute Gasteiger partial charge is 0.493 e. The van der Waals surface area contributed by atoms with E-state index in [0.29, 0.717) is 13.2 Å². The quantitative estimate of drug-likeness (QED) is 0.283. The Labute approximate surface area is 191 Å². The summed E-state index contributed by atoms with van der Waals surface area (Å²) in [6.07, 6.45) is 3.05. The Kier molecular flexibility index (Phi) is 6.95. The van der Waals surface area contributed by atoms with Gasteiger partial charge in [0, 0.05) is 33.7 Å². The van der Waals surface area contributed by atoms with Crippen molar-refractivity contribution in [2.75, 3.05) is 13.7 Å². The van der Waals surface area contributed by atoms with E-state index in [9.17, 15) is 0 Å². The van der Waals surface area contributed by atoms with Crippen LogP contribution in [0.2, 0.25) is 0 Å². The summed E-state index contributed by atoms with van der Waals surface area (Å²) in [4.78, 5) is 3.34. The van der Waals surface area contributed by atoms with Crippen LogP contribution in [0.3, 0.4) is 0 Å². The molecule has 31 heavy (non-hydrogen) atoms. The van der Waals surface area contributed by atoms with Gasteiger partial charge in [0.1, 0.15) is 6.61 Å². The molecule has 4 rings (SSSR count). The molecule has 0 aliphatic carbocycles. The van der Waals surface area contributed by atoms with Gasteiger partial charge in [0.05, 0.1) is 7.11 Å². The maximum absolute atomic E-state index is 6.23. The van der Waals surface area contributed by atoms with E-state index >= 15 is 0 Å². The van der Waals surface area contributed by atoms with Gasteiger partial charge in [0.2, 0.25) is 0 Å². The number of halogens is 1. The van der Waals surface area contributed by atoms with E-state index < -0.39 is 0 Å². The minimum absolute atomic E-state index is 0.495. The van der Waals surface area contributed by atoms with Crippen molar-refractivity contribution in [1.29, 1.82) is 0 Å². The zero-order valence-corrected chi connectivity index (χ0v) is 19.5. The van der Waals surface area contributed by atoms with Crippen LogP contribution in [-0.4, -0.2) is 18.6 Å². The number of aromatic nitrogens is 1. The third-order valence-corrected chi connectivity index (χ3v) is 6.18. The van der Waals surface area contributed by atoms with Crippen LogP contribution in [0.1, 0.15) is 22.3 Å². The molecule has 0 saturated carbocycles. The van der Waals surface area contributed by atoms with E-state index in [1.165, 1.54) is 22.0 Å². The molecule has 0 bridgehead atoms. The first-order valence-corrected chi connectivity index (χ1v) is 11.2. The lowest BCUT2D eigenvalue weighted by Gasteiger charge is -2.17. The summed E-state index contributed by atoms with van der Waals surface area (Å²) in [6, 6.07) is 20.7. The van der Waals surface area contributed by atoms with E-state index in [1.54, 1.807) is 7.11 Å². The zero-order valence-electron chi connectivity index (χ0n) is 17.9. The van der Waals surface area contributed by atoms with Gasteiger partial charge in [-0.3, -0.25) is 0 Å². The van der Waals surface area contributed by atoms with E-state index in [1.807, 2.05) is 12.1 Å². The van der Waals surface area contributed by atoms with Gasteiger partial charge in [-0.05, 0) is 49.2 Å². The number of ether oxygens (including phenoxy) is 2. The molecular weight excluding hydrogens is 452 g/mol. The zero-order chi connectivity index (χ0) is 21.6. The molecule has 0 fully saturated rings. The number of fused-ring (bicyclic) bond motifs is 1. The highest BCUT2D eigenvalue weighted by atomic mass is 79.9. The van der Waals surface area contributed by atoms with E-state index in [0.717, 1.165) is 40.1 Å². The topological polar surface area (TPSA) is 46.3 Å². The average Bonchev–Trinajstić information content (AvgIpc) is 3.20.